The van der Waals surface area contributed by atoms with Gasteiger partial charge in [0.05, 0.1) is 6.26 Å². The van der Waals surface area contributed by atoms with Gasteiger partial charge in [-0.2, -0.15) is 4.31 Å². The number of nitrogens with one attached hydrogen (secondary N) is 1. The lowest BCUT2D eigenvalue weighted by Crippen LogP contribution is -2.54. The minimum atomic E-state index is -3.35. The average Bonchev–Trinajstić information content (AvgIpc) is 2.54. The van der Waals surface area contributed by atoms with Crippen molar-refractivity contribution in [2.45, 2.75) is 50.0 Å². The maximum absolute atomic E-state index is 12.7. The summed E-state index contributed by atoms with van der Waals surface area (Å²) in [6.45, 7) is 1.03. The van der Waals surface area contributed by atoms with Crippen LogP contribution in [-0.4, -0.2) is 44.0 Å². The van der Waals surface area contributed by atoms with Crippen LogP contribution in [0.25, 0.3) is 0 Å². The fourth-order valence-electron chi connectivity index (χ4n) is 3.90. The summed E-state index contributed by atoms with van der Waals surface area (Å²) in [4.78, 5) is 12.7. The Morgan fingerprint density at radius 1 is 1.21 bits per heavy atom. The first-order valence-electron chi connectivity index (χ1n) is 8.72. The molecule has 1 aliphatic heterocycles. The van der Waals surface area contributed by atoms with Crippen LogP contribution in [0.15, 0.2) is 30.3 Å². The van der Waals surface area contributed by atoms with Crippen molar-refractivity contribution in [2.75, 3.05) is 19.3 Å². The van der Waals surface area contributed by atoms with Crippen LogP contribution in [0.1, 0.15) is 44.1 Å². The molecule has 6 heteroatoms. The van der Waals surface area contributed by atoms with E-state index in [1.54, 1.807) is 0 Å². The van der Waals surface area contributed by atoms with E-state index in [4.69, 9.17) is 0 Å². The summed E-state index contributed by atoms with van der Waals surface area (Å²) < 4.78 is 25.2. The van der Waals surface area contributed by atoms with Gasteiger partial charge in [0.2, 0.25) is 15.9 Å². The first-order chi connectivity index (χ1) is 11.4. The highest BCUT2D eigenvalue weighted by Crippen LogP contribution is 2.43. The van der Waals surface area contributed by atoms with Crippen LogP contribution in [0.3, 0.4) is 0 Å². The van der Waals surface area contributed by atoms with Crippen molar-refractivity contribution in [1.29, 1.82) is 0 Å². The summed E-state index contributed by atoms with van der Waals surface area (Å²) in [5, 5.41) is 3.05. The number of rotatable bonds is 5. The third kappa shape index (κ3) is 3.49. The normalized spacial score (nSPS) is 24.1. The van der Waals surface area contributed by atoms with Crippen molar-refractivity contribution in [2.24, 2.45) is 0 Å². The molecule has 132 valence electrons. The first kappa shape index (κ1) is 17.4. The van der Waals surface area contributed by atoms with Gasteiger partial charge in [-0.3, -0.25) is 4.79 Å². The molecule has 1 amide bonds. The molecule has 1 aromatic carbocycles. The molecule has 1 aliphatic carbocycles. The Bertz CT molecular complexity index is 683. The molecular weight excluding hydrogens is 324 g/mol. The number of carbonyl (C=O) groups excluding carboxylic acids is 1. The number of hydrogen-bond acceptors (Lipinski definition) is 3. The van der Waals surface area contributed by atoms with Gasteiger partial charge in [-0.1, -0.05) is 43.2 Å². The largest absolute Gasteiger partial charge is 0.354 e. The van der Waals surface area contributed by atoms with Gasteiger partial charge in [-0.05, 0) is 31.2 Å². The molecule has 2 fully saturated rings. The van der Waals surface area contributed by atoms with Crippen LogP contribution in [0, 0.1) is 0 Å². The Labute approximate surface area is 144 Å². The fraction of sp³-hybridized carbons (Fsp3) is 0.611. The highest BCUT2D eigenvalue weighted by molar-refractivity contribution is 7.88. The SMILES string of the molecule is CS(=O)(=O)N1CCCCC1C(=O)NCC1(c2ccccc2)CCC1. The maximum atomic E-state index is 12.7. The molecule has 1 atom stereocenters. The van der Waals surface area contributed by atoms with E-state index >= 15 is 0 Å². The van der Waals surface area contributed by atoms with Gasteiger partial charge in [0, 0.05) is 18.5 Å². The Morgan fingerprint density at radius 2 is 1.92 bits per heavy atom. The molecule has 0 radical (unpaired) electrons. The smallest absolute Gasteiger partial charge is 0.238 e. The molecule has 1 unspecified atom stereocenters. The lowest BCUT2D eigenvalue weighted by molar-refractivity contribution is -0.126. The van der Waals surface area contributed by atoms with Crippen molar-refractivity contribution in [3.63, 3.8) is 0 Å². The van der Waals surface area contributed by atoms with Crippen LogP contribution in [0.2, 0.25) is 0 Å². The number of hydrogen-bond donors (Lipinski definition) is 1. The average molecular weight is 350 g/mol. The van der Waals surface area contributed by atoms with Crippen molar-refractivity contribution in [3.8, 4) is 0 Å². The standard InChI is InChI=1S/C18H26N2O3S/c1-24(22,23)20-13-6-5-10-16(20)17(21)19-14-18(11-7-12-18)15-8-3-2-4-9-15/h2-4,8-9,16H,5-7,10-14H2,1H3,(H,19,21). The van der Waals surface area contributed by atoms with Gasteiger partial charge in [0.25, 0.3) is 0 Å². The van der Waals surface area contributed by atoms with Crippen LogP contribution in [-0.2, 0) is 20.2 Å². The zero-order chi connectivity index (χ0) is 17.2. The zero-order valence-electron chi connectivity index (χ0n) is 14.2. The summed E-state index contributed by atoms with van der Waals surface area (Å²) in [6, 6.07) is 9.75. The second-order valence-electron chi connectivity index (χ2n) is 7.10. The van der Waals surface area contributed by atoms with Crippen molar-refractivity contribution in [3.05, 3.63) is 35.9 Å². The van der Waals surface area contributed by atoms with E-state index in [9.17, 15) is 13.2 Å². The molecule has 1 saturated carbocycles. The summed E-state index contributed by atoms with van der Waals surface area (Å²) >= 11 is 0. The Hall–Kier alpha value is -1.40. The third-order valence-corrected chi connectivity index (χ3v) is 6.77. The van der Waals surface area contributed by atoms with Gasteiger partial charge in [0.1, 0.15) is 6.04 Å². The highest BCUT2D eigenvalue weighted by atomic mass is 32.2. The van der Waals surface area contributed by atoms with Crippen LogP contribution in [0.5, 0.6) is 0 Å². The molecule has 1 N–H and O–H groups in total. The number of nitrogens with zero attached hydrogens (tertiary/aromatic N) is 1. The van der Waals surface area contributed by atoms with E-state index in [2.05, 4.69) is 17.4 Å². The van der Waals surface area contributed by atoms with Gasteiger partial charge >= 0.3 is 0 Å². The molecule has 1 heterocycles. The predicted octanol–water partition coefficient (Wildman–Crippen LogP) is 2.04. The fourth-order valence-corrected chi connectivity index (χ4v) is 5.03. The zero-order valence-corrected chi connectivity index (χ0v) is 15.0. The number of piperidine rings is 1. The van der Waals surface area contributed by atoms with Gasteiger partial charge < -0.3 is 5.32 Å². The van der Waals surface area contributed by atoms with Crippen molar-refractivity contribution < 1.29 is 13.2 Å². The number of benzene rings is 1. The molecule has 3 rings (SSSR count). The minimum absolute atomic E-state index is 0.0154. The second kappa shape index (κ2) is 6.84. The molecule has 2 aliphatic rings. The van der Waals surface area contributed by atoms with Crippen LogP contribution in [0.4, 0.5) is 0 Å². The lowest BCUT2D eigenvalue weighted by atomic mass is 9.64. The maximum Gasteiger partial charge on any atom is 0.238 e. The molecule has 1 saturated heterocycles. The van der Waals surface area contributed by atoms with Gasteiger partial charge in [-0.15, -0.1) is 0 Å². The molecule has 0 aromatic heterocycles. The Kier molecular flexibility index (Phi) is 4.97. The third-order valence-electron chi connectivity index (χ3n) is 5.48. The van der Waals surface area contributed by atoms with Gasteiger partial charge in [-0.25, -0.2) is 8.42 Å². The molecule has 0 bridgehead atoms. The van der Waals surface area contributed by atoms with E-state index in [1.807, 2.05) is 18.2 Å². The quantitative estimate of drug-likeness (QED) is 0.884. The Balaban J connectivity index is 1.68. The monoisotopic (exact) mass is 350 g/mol. The predicted molar refractivity (Wildman–Crippen MR) is 94.2 cm³/mol. The molecule has 5 nitrogen and oxygen atoms in total. The number of sulfonamides is 1. The molecule has 0 spiro atoms. The van der Waals surface area contributed by atoms with Crippen LogP contribution < -0.4 is 5.32 Å². The van der Waals surface area contributed by atoms with E-state index in [1.165, 1.54) is 22.5 Å². The summed E-state index contributed by atoms with van der Waals surface area (Å²) in [5.41, 5.74) is 1.28. The van der Waals surface area contributed by atoms with Crippen LogP contribution >= 0.6 is 0 Å². The highest BCUT2D eigenvalue weighted by Gasteiger charge is 2.40. The first-order valence-corrected chi connectivity index (χ1v) is 10.6. The Morgan fingerprint density at radius 3 is 2.50 bits per heavy atom. The summed E-state index contributed by atoms with van der Waals surface area (Å²) in [7, 11) is -3.35. The van der Waals surface area contributed by atoms with E-state index in [0.29, 0.717) is 19.5 Å². The van der Waals surface area contributed by atoms with E-state index in [-0.39, 0.29) is 11.3 Å². The summed E-state index contributed by atoms with van der Waals surface area (Å²) in [5.74, 6) is -0.151. The topological polar surface area (TPSA) is 66.5 Å². The number of amides is 1. The van der Waals surface area contributed by atoms with Gasteiger partial charge in [0.15, 0.2) is 0 Å². The molecular formula is C18H26N2O3S. The minimum Gasteiger partial charge on any atom is -0.354 e. The van der Waals surface area contributed by atoms with Crippen molar-refractivity contribution in [1.82, 2.24) is 9.62 Å². The van der Waals surface area contributed by atoms with E-state index < -0.39 is 16.1 Å². The van der Waals surface area contributed by atoms with E-state index in [0.717, 1.165) is 25.7 Å². The molecule has 24 heavy (non-hydrogen) atoms. The summed E-state index contributed by atoms with van der Waals surface area (Å²) in [6.07, 6.45) is 6.82. The molecule has 1 aromatic rings. The number of carbonyl (C=O) groups is 1. The van der Waals surface area contributed by atoms with Crippen molar-refractivity contribution >= 4 is 15.9 Å². The lowest BCUT2D eigenvalue weighted by Gasteiger charge is -2.43. The second-order valence-corrected chi connectivity index (χ2v) is 9.04.